The molecule has 1 aromatic heterocycles. The van der Waals surface area contributed by atoms with Crippen molar-refractivity contribution < 1.29 is 14.6 Å². The standard InChI is InChI=1S/C16H25N3O3/c20-10-7-14-12-22-11-9-18(14)16(21)15-6-8-19(17-15)13-4-2-1-3-5-13/h6,8,13-14,20H,1-5,7,9-12H2. The Bertz CT molecular complexity index is 495. The van der Waals surface area contributed by atoms with Gasteiger partial charge in [-0.3, -0.25) is 9.48 Å². The topological polar surface area (TPSA) is 67.6 Å². The maximum absolute atomic E-state index is 12.7. The Morgan fingerprint density at radius 2 is 2.18 bits per heavy atom. The van der Waals surface area contributed by atoms with E-state index in [0.29, 0.717) is 37.9 Å². The summed E-state index contributed by atoms with van der Waals surface area (Å²) in [5.41, 5.74) is 0.510. The molecule has 0 radical (unpaired) electrons. The van der Waals surface area contributed by atoms with Crippen LogP contribution in [-0.2, 0) is 4.74 Å². The molecule has 2 heterocycles. The molecule has 1 aliphatic carbocycles. The minimum atomic E-state index is -0.0499. The van der Waals surface area contributed by atoms with Crippen molar-refractivity contribution in [2.45, 2.75) is 50.6 Å². The number of hydrogen-bond acceptors (Lipinski definition) is 4. The number of carbonyl (C=O) groups is 1. The van der Waals surface area contributed by atoms with Gasteiger partial charge in [-0.25, -0.2) is 0 Å². The molecule has 1 aliphatic heterocycles. The molecule has 6 nitrogen and oxygen atoms in total. The highest BCUT2D eigenvalue weighted by atomic mass is 16.5. The van der Waals surface area contributed by atoms with Crippen molar-refractivity contribution in [3.8, 4) is 0 Å². The Morgan fingerprint density at radius 3 is 2.95 bits per heavy atom. The van der Waals surface area contributed by atoms with E-state index >= 15 is 0 Å². The normalized spacial score (nSPS) is 23.7. The van der Waals surface area contributed by atoms with Gasteiger partial charge in [0.25, 0.3) is 5.91 Å². The van der Waals surface area contributed by atoms with Gasteiger partial charge >= 0.3 is 0 Å². The highest BCUT2D eigenvalue weighted by Crippen LogP contribution is 2.27. The van der Waals surface area contributed by atoms with Gasteiger partial charge in [0.1, 0.15) is 5.69 Å². The molecule has 1 saturated heterocycles. The summed E-state index contributed by atoms with van der Waals surface area (Å²) >= 11 is 0. The largest absolute Gasteiger partial charge is 0.396 e. The maximum Gasteiger partial charge on any atom is 0.274 e. The molecule has 1 N–H and O–H groups in total. The molecular formula is C16H25N3O3. The van der Waals surface area contributed by atoms with Crippen LogP contribution >= 0.6 is 0 Å². The average Bonchev–Trinajstić information content (AvgIpc) is 3.06. The van der Waals surface area contributed by atoms with Crippen LogP contribution in [0.2, 0.25) is 0 Å². The van der Waals surface area contributed by atoms with Gasteiger partial charge in [-0.2, -0.15) is 5.10 Å². The lowest BCUT2D eigenvalue weighted by molar-refractivity contribution is -0.00864. The second kappa shape index (κ2) is 7.24. The van der Waals surface area contributed by atoms with Crippen molar-refractivity contribution in [3.05, 3.63) is 18.0 Å². The molecule has 1 atom stereocenters. The molecule has 122 valence electrons. The summed E-state index contributed by atoms with van der Waals surface area (Å²) in [7, 11) is 0. The molecule has 1 amide bonds. The van der Waals surface area contributed by atoms with Crippen LogP contribution in [0.4, 0.5) is 0 Å². The van der Waals surface area contributed by atoms with Crippen LogP contribution in [0.3, 0.4) is 0 Å². The zero-order valence-electron chi connectivity index (χ0n) is 13.0. The fraction of sp³-hybridized carbons (Fsp3) is 0.750. The smallest absolute Gasteiger partial charge is 0.274 e. The number of ether oxygens (including phenoxy) is 1. The first kappa shape index (κ1) is 15.5. The summed E-state index contributed by atoms with van der Waals surface area (Å²) in [4.78, 5) is 14.5. The number of aliphatic hydroxyl groups excluding tert-OH is 1. The van der Waals surface area contributed by atoms with Crippen molar-refractivity contribution in [2.75, 3.05) is 26.4 Å². The number of nitrogens with zero attached hydrogens (tertiary/aromatic N) is 3. The molecule has 1 saturated carbocycles. The van der Waals surface area contributed by atoms with Gasteiger partial charge in [0.15, 0.2) is 0 Å². The molecule has 3 rings (SSSR count). The van der Waals surface area contributed by atoms with Gasteiger partial charge in [0, 0.05) is 19.3 Å². The number of amides is 1. The SMILES string of the molecule is O=C(c1ccn(C2CCCCC2)n1)N1CCOCC1CCO. The van der Waals surface area contributed by atoms with E-state index in [9.17, 15) is 4.79 Å². The van der Waals surface area contributed by atoms with Crippen molar-refractivity contribution in [2.24, 2.45) is 0 Å². The monoisotopic (exact) mass is 307 g/mol. The first-order chi connectivity index (χ1) is 10.8. The third-order valence-electron chi connectivity index (χ3n) is 4.73. The Morgan fingerprint density at radius 1 is 1.36 bits per heavy atom. The maximum atomic E-state index is 12.7. The van der Waals surface area contributed by atoms with Crippen molar-refractivity contribution in [1.82, 2.24) is 14.7 Å². The third kappa shape index (κ3) is 3.33. The molecular weight excluding hydrogens is 282 g/mol. The van der Waals surface area contributed by atoms with E-state index in [-0.39, 0.29) is 18.6 Å². The zero-order chi connectivity index (χ0) is 15.4. The van der Waals surface area contributed by atoms with Gasteiger partial charge in [0.2, 0.25) is 0 Å². The second-order valence-corrected chi connectivity index (χ2v) is 6.21. The van der Waals surface area contributed by atoms with Gasteiger partial charge in [0.05, 0.1) is 25.3 Å². The minimum Gasteiger partial charge on any atom is -0.396 e. The Labute approximate surface area is 131 Å². The minimum absolute atomic E-state index is 0.0451. The van der Waals surface area contributed by atoms with Crippen LogP contribution in [-0.4, -0.2) is 58.1 Å². The molecule has 0 aromatic carbocycles. The highest BCUT2D eigenvalue weighted by Gasteiger charge is 2.29. The first-order valence-corrected chi connectivity index (χ1v) is 8.34. The zero-order valence-corrected chi connectivity index (χ0v) is 13.0. The van der Waals surface area contributed by atoms with E-state index in [4.69, 9.17) is 9.84 Å². The summed E-state index contributed by atoms with van der Waals surface area (Å²) < 4.78 is 7.39. The summed E-state index contributed by atoms with van der Waals surface area (Å²) in [5, 5.41) is 13.7. The van der Waals surface area contributed by atoms with Crippen LogP contribution < -0.4 is 0 Å². The van der Waals surface area contributed by atoms with E-state index in [0.717, 1.165) is 12.8 Å². The van der Waals surface area contributed by atoms with E-state index in [1.807, 2.05) is 16.9 Å². The van der Waals surface area contributed by atoms with Crippen molar-refractivity contribution in [3.63, 3.8) is 0 Å². The van der Waals surface area contributed by atoms with Gasteiger partial charge in [-0.15, -0.1) is 0 Å². The van der Waals surface area contributed by atoms with Gasteiger partial charge in [-0.1, -0.05) is 19.3 Å². The number of aliphatic hydroxyl groups is 1. The number of morpholine rings is 1. The van der Waals surface area contributed by atoms with E-state index in [1.54, 1.807) is 4.90 Å². The summed E-state index contributed by atoms with van der Waals surface area (Å²) in [6.45, 7) is 1.68. The number of rotatable bonds is 4. The molecule has 22 heavy (non-hydrogen) atoms. The molecule has 1 aromatic rings. The summed E-state index contributed by atoms with van der Waals surface area (Å²) in [6.07, 6.45) is 8.59. The van der Waals surface area contributed by atoms with Crippen LogP contribution in [0.1, 0.15) is 55.1 Å². The van der Waals surface area contributed by atoms with Crippen LogP contribution in [0.25, 0.3) is 0 Å². The predicted octanol–water partition coefficient (Wildman–Crippen LogP) is 1.61. The molecule has 0 bridgehead atoms. The number of hydrogen-bond donors (Lipinski definition) is 1. The lowest BCUT2D eigenvalue weighted by Gasteiger charge is -2.34. The third-order valence-corrected chi connectivity index (χ3v) is 4.73. The van der Waals surface area contributed by atoms with Crippen LogP contribution in [0.5, 0.6) is 0 Å². The fourth-order valence-electron chi connectivity index (χ4n) is 3.46. The molecule has 6 heteroatoms. The number of carbonyl (C=O) groups excluding carboxylic acids is 1. The molecule has 2 aliphatic rings. The van der Waals surface area contributed by atoms with Gasteiger partial charge in [-0.05, 0) is 25.3 Å². The van der Waals surface area contributed by atoms with Crippen LogP contribution in [0, 0.1) is 0 Å². The fourth-order valence-corrected chi connectivity index (χ4v) is 3.46. The van der Waals surface area contributed by atoms with Crippen LogP contribution in [0.15, 0.2) is 12.3 Å². The predicted molar refractivity (Wildman–Crippen MR) is 81.7 cm³/mol. The highest BCUT2D eigenvalue weighted by molar-refractivity contribution is 5.92. The first-order valence-electron chi connectivity index (χ1n) is 8.34. The quantitative estimate of drug-likeness (QED) is 0.917. The molecule has 2 fully saturated rings. The van der Waals surface area contributed by atoms with E-state index < -0.39 is 0 Å². The Kier molecular flexibility index (Phi) is 5.10. The van der Waals surface area contributed by atoms with E-state index in [2.05, 4.69) is 5.10 Å². The lowest BCUT2D eigenvalue weighted by Crippen LogP contribution is -2.49. The van der Waals surface area contributed by atoms with Crippen molar-refractivity contribution in [1.29, 1.82) is 0 Å². The molecule has 1 unspecified atom stereocenters. The summed E-state index contributed by atoms with van der Waals surface area (Å²) in [6, 6.07) is 2.21. The Hall–Kier alpha value is -1.40. The van der Waals surface area contributed by atoms with E-state index in [1.165, 1.54) is 19.3 Å². The van der Waals surface area contributed by atoms with Crippen molar-refractivity contribution >= 4 is 5.91 Å². The van der Waals surface area contributed by atoms with Gasteiger partial charge < -0.3 is 14.7 Å². The average molecular weight is 307 g/mol. The Balaban J connectivity index is 1.69. The number of aromatic nitrogens is 2. The molecule has 0 spiro atoms. The lowest BCUT2D eigenvalue weighted by atomic mass is 9.96. The summed E-state index contributed by atoms with van der Waals surface area (Å²) in [5.74, 6) is -0.0451. The second-order valence-electron chi connectivity index (χ2n) is 6.21.